The topological polar surface area (TPSA) is 24.1 Å². The third-order valence-corrected chi connectivity index (χ3v) is 0.354. The van der Waals surface area contributed by atoms with E-state index in [9.17, 15) is 0 Å². The van der Waals surface area contributed by atoms with Crippen molar-refractivity contribution < 1.29 is 0 Å². The summed E-state index contributed by atoms with van der Waals surface area (Å²) in [5.41, 5.74) is 0. The summed E-state index contributed by atoms with van der Waals surface area (Å²) in [5, 5.41) is 5.81. The Hall–Kier alpha value is 0.0499. The van der Waals surface area contributed by atoms with Crippen LogP contribution in [0.2, 0.25) is 0 Å². The minimum Gasteiger partial charge on any atom is -0.351 e. The smallest absolute Gasteiger partial charge is 0.183 e. The first-order valence-electron chi connectivity index (χ1n) is 1.71. The van der Waals surface area contributed by atoms with Gasteiger partial charge in [0.25, 0.3) is 0 Å². The quantitative estimate of drug-likeness (QED) is 0.271. The molecule has 0 aliphatic heterocycles. The lowest BCUT2D eigenvalue weighted by atomic mass is 10.4. The van der Waals surface area contributed by atoms with Crippen LogP contribution in [0, 0.1) is 0 Å². The number of rotatable bonds is 2. The number of hydrogen-bond acceptors (Lipinski definition) is 2. The number of nitrogens with one attached hydrogen (secondary N) is 2. The lowest BCUT2D eigenvalue weighted by molar-refractivity contribution is 0.893. The van der Waals surface area contributed by atoms with E-state index in [-0.39, 0.29) is 0 Å². The predicted octanol–water partition coefficient (Wildman–Crippen LogP) is -2.78. The fourth-order valence-corrected chi connectivity index (χ4v) is 0.177. The van der Waals surface area contributed by atoms with Crippen LogP contribution in [-0.4, -0.2) is 22.6 Å². The van der Waals surface area contributed by atoms with Crippen LogP contribution in [-0.2, 0) is 0 Å². The van der Waals surface area contributed by atoms with E-state index in [4.69, 9.17) is 0 Å². The predicted molar refractivity (Wildman–Crippen MR) is 28.2 cm³/mol. The Morgan fingerprint density at radius 3 is 1.60 bits per heavy atom. The van der Waals surface area contributed by atoms with Crippen LogP contribution in [0.25, 0.3) is 0 Å². The zero-order valence-corrected chi connectivity index (χ0v) is 3.71. The third kappa shape index (κ3) is 4.05. The molecular weight excluding hydrogens is 61.6 g/mol. The monoisotopic (exact) mass is 70.1 g/mol. The fourth-order valence-electron chi connectivity index (χ4n) is 0.177. The van der Waals surface area contributed by atoms with Gasteiger partial charge in [-0.25, -0.2) is 0 Å². The molecule has 0 aromatic heterocycles. The van der Waals surface area contributed by atoms with Crippen LogP contribution in [0.3, 0.4) is 0 Å². The van der Waals surface area contributed by atoms with Crippen molar-refractivity contribution >= 4 is 16.0 Å². The molecule has 0 heterocycles. The molecule has 2 nitrogen and oxygen atoms in total. The molecule has 0 spiro atoms. The zero-order valence-electron chi connectivity index (χ0n) is 3.71. The molecule has 0 aromatic carbocycles. The van der Waals surface area contributed by atoms with Crippen LogP contribution in [0.5, 0.6) is 0 Å². The first kappa shape index (κ1) is 5.05. The molecule has 0 fully saturated rings. The third-order valence-electron chi connectivity index (χ3n) is 0.354. The van der Waals surface area contributed by atoms with E-state index in [1.807, 2.05) is 16.0 Å². The largest absolute Gasteiger partial charge is 0.351 e. The first-order chi connectivity index (χ1) is 2.41. The molecule has 0 radical (unpaired) electrons. The van der Waals surface area contributed by atoms with Gasteiger partial charge in [-0.15, -0.1) is 0 Å². The van der Waals surface area contributed by atoms with Gasteiger partial charge in [-0.05, 0) is 0 Å². The van der Waals surface area contributed by atoms with Crippen LogP contribution < -0.4 is 10.5 Å². The molecule has 0 rings (SSSR count). The Morgan fingerprint density at radius 1 is 1.20 bits per heavy atom. The Labute approximate surface area is 34.2 Å². The summed E-state index contributed by atoms with van der Waals surface area (Å²) in [4.78, 5) is 0. The fraction of sp³-hybridized carbons (Fsp3) is 1.00. The van der Waals surface area contributed by atoms with E-state index in [2.05, 4.69) is 10.5 Å². The van der Waals surface area contributed by atoms with Crippen LogP contribution >= 0.6 is 0 Å². The highest BCUT2D eigenvalue weighted by atomic mass is 14.9. The summed E-state index contributed by atoms with van der Waals surface area (Å²) in [7, 11) is 3.80. The van der Waals surface area contributed by atoms with Crippen molar-refractivity contribution in [2.75, 3.05) is 6.67 Å². The van der Waals surface area contributed by atoms with Gasteiger partial charge in [-0.1, -0.05) is 0 Å². The van der Waals surface area contributed by atoms with Gasteiger partial charge in [-0.3, -0.25) is 0 Å². The Bertz CT molecular complexity index is 15.1. The maximum Gasteiger partial charge on any atom is 0.183 e. The highest BCUT2D eigenvalue weighted by molar-refractivity contribution is 6.06. The van der Waals surface area contributed by atoms with Crippen LogP contribution in [0.4, 0.5) is 0 Å². The second-order valence-corrected chi connectivity index (χ2v) is 0.884. The molecular formula is CH8B2N2. The van der Waals surface area contributed by atoms with Gasteiger partial charge < -0.3 is 10.5 Å². The maximum absolute atomic E-state index is 2.91. The van der Waals surface area contributed by atoms with Crippen molar-refractivity contribution in [3.05, 3.63) is 0 Å². The highest BCUT2D eigenvalue weighted by Crippen LogP contribution is 1.26. The van der Waals surface area contributed by atoms with E-state index in [0.29, 0.717) is 0 Å². The molecule has 0 aliphatic rings. The van der Waals surface area contributed by atoms with Crippen molar-refractivity contribution in [2.45, 2.75) is 0 Å². The van der Waals surface area contributed by atoms with E-state index in [1.165, 1.54) is 0 Å². The molecule has 28 valence electrons. The van der Waals surface area contributed by atoms with Gasteiger partial charge in [0, 0.05) is 6.67 Å². The van der Waals surface area contributed by atoms with Crippen molar-refractivity contribution in [3.8, 4) is 0 Å². The lowest BCUT2D eigenvalue weighted by Crippen LogP contribution is -2.23. The van der Waals surface area contributed by atoms with Crippen LogP contribution in [0.1, 0.15) is 0 Å². The summed E-state index contributed by atoms with van der Waals surface area (Å²) in [6.45, 7) is 0.889. The molecule has 5 heavy (non-hydrogen) atoms. The van der Waals surface area contributed by atoms with E-state index in [1.54, 1.807) is 0 Å². The van der Waals surface area contributed by atoms with E-state index >= 15 is 0 Å². The van der Waals surface area contributed by atoms with Crippen LogP contribution in [0.15, 0.2) is 0 Å². The summed E-state index contributed by atoms with van der Waals surface area (Å²) < 4.78 is 0. The average molecular weight is 69.7 g/mol. The first-order valence-corrected chi connectivity index (χ1v) is 1.71. The van der Waals surface area contributed by atoms with E-state index < -0.39 is 0 Å². The van der Waals surface area contributed by atoms with Crippen molar-refractivity contribution in [2.24, 2.45) is 0 Å². The van der Waals surface area contributed by atoms with Crippen molar-refractivity contribution in [1.29, 1.82) is 0 Å². The zero-order chi connectivity index (χ0) is 4.12. The maximum atomic E-state index is 2.91. The molecule has 0 bridgehead atoms. The second-order valence-electron chi connectivity index (χ2n) is 0.884. The molecule has 4 heteroatoms. The minimum absolute atomic E-state index is 0.889. The van der Waals surface area contributed by atoms with Gasteiger partial charge in [0.15, 0.2) is 16.0 Å². The normalized spacial score (nSPS) is 8.00. The SMILES string of the molecule is BNCNB. The molecule has 0 saturated heterocycles. The summed E-state index contributed by atoms with van der Waals surface area (Å²) in [6.07, 6.45) is 0. The molecule has 0 saturated carbocycles. The summed E-state index contributed by atoms with van der Waals surface area (Å²) in [6, 6.07) is 0. The average Bonchev–Trinajstić information content (AvgIpc) is 1.41. The Balaban J connectivity index is 2.19. The summed E-state index contributed by atoms with van der Waals surface area (Å²) in [5.74, 6) is 0. The molecule has 0 unspecified atom stereocenters. The highest BCUT2D eigenvalue weighted by Gasteiger charge is 1.61. The molecule has 2 N–H and O–H groups in total. The van der Waals surface area contributed by atoms with E-state index in [0.717, 1.165) is 6.67 Å². The van der Waals surface area contributed by atoms with Gasteiger partial charge in [0.2, 0.25) is 0 Å². The van der Waals surface area contributed by atoms with Crippen molar-refractivity contribution in [1.82, 2.24) is 10.5 Å². The van der Waals surface area contributed by atoms with Crippen molar-refractivity contribution in [3.63, 3.8) is 0 Å². The lowest BCUT2D eigenvalue weighted by Gasteiger charge is -1.88. The standard InChI is InChI=1S/CH8B2N2/c2-4-1-5-3/h4-5H,1-3H2. The number of hydrogen-bond donors (Lipinski definition) is 2. The van der Waals surface area contributed by atoms with Gasteiger partial charge in [-0.2, -0.15) is 0 Å². The Kier molecular flexibility index (Phi) is 4.09. The molecule has 0 aromatic rings. The Morgan fingerprint density at radius 2 is 1.60 bits per heavy atom. The summed E-state index contributed by atoms with van der Waals surface area (Å²) >= 11 is 0. The van der Waals surface area contributed by atoms with Gasteiger partial charge in [0.1, 0.15) is 0 Å². The second kappa shape index (κ2) is 4.05. The molecule has 0 aliphatic carbocycles. The minimum atomic E-state index is 0.889. The van der Waals surface area contributed by atoms with Gasteiger partial charge in [0.05, 0.1) is 0 Å². The molecule has 0 atom stereocenters. The molecule has 0 amide bonds. The van der Waals surface area contributed by atoms with Gasteiger partial charge >= 0.3 is 0 Å².